The number of diazo groups is 1. The average Bonchev–Trinajstić information content (AvgIpc) is 2.59. The van der Waals surface area contributed by atoms with Crippen molar-refractivity contribution in [1.29, 1.82) is 5.39 Å². The highest BCUT2D eigenvalue weighted by atomic mass is 32.3. The van der Waals surface area contributed by atoms with E-state index >= 15 is 0 Å². The van der Waals surface area contributed by atoms with E-state index in [-0.39, 0.29) is 0 Å². The van der Waals surface area contributed by atoms with Gasteiger partial charge in [0.25, 0.3) is 0 Å². The summed E-state index contributed by atoms with van der Waals surface area (Å²) in [4.78, 5) is 5.42. The molecule has 25 heavy (non-hydrogen) atoms. The zero-order valence-electron chi connectivity index (χ0n) is 13.9. The molecular weight excluding hydrogens is 346 g/mol. The molecule has 9 heteroatoms. The molecule has 0 spiro atoms. The zero-order chi connectivity index (χ0) is 18.9. The Hall–Kier alpha value is -2.67. The van der Waals surface area contributed by atoms with E-state index in [9.17, 15) is 0 Å². The third kappa shape index (κ3) is 8.12. The molecule has 0 fully saturated rings. The van der Waals surface area contributed by atoms with E-state index in [1.807, 2.05) is 24.3 Å². The maximum absolute atomic E-state index is 8.71. The summed E-state index contributed by atoms with van der Waals surface area (Å²) in [5, 5.41) is 8.71. The van der Waals surface area contributed by atoms with E-state index < -0.39 is 10.4 Å². The van der Waals surface area contributed by atoms with Gasteiger partial charge in [-0.3, -0.25) is 4.55 Å². The highest BCUT2D eigenvalue weighted by molar-refractivity contribution is 7.79. The lowest BCUT2D eigenvalue weighted by Gasteiger charge is -2.23. The molecule has 1 N–H and O–H groups in total. The van der Waals surface area contributed by atoms with Crippen LogP contribution >= 0.6 is 0 Å². The molecule has 8 nitrogen and oxygen atoms in total. The van der Waals surface area contributed by atoms with Crippen LogP contribution in [-0.2, 0) is 16.9 Å². The Labute approximate surface area is 146 Å². The van der Waals surface area contributed by atoms with Gasteiger partial charge in [-0.1, -0.05) is 12.1 Å². The predicted octanol–water partition coefficient (Wildman–Crippen LogP) is 3.21. The fourth-order valence-corrected chi connectivity index (χ4v) is 2.07. The Morgan fingerprint density at radius 1 is 1.16 bits per heavy atom. The molecule has 0 aromatic heterocycles. The lowest BCUT2D eigenvalue weighted by molar-refractivity contribution is 0.366. The summed E-state index contributed by atoms with van der Waals surface area (Å²) in [5.41, 5.74) is 2.90. The molecule has 0 saturated heterocycles. The van der Waals surface area contributed by atoms with Crippen molar-refractivity contribution in [3.05, 3.63) is 59.1 Å². The molecule has 0 radical (unpaired) electrons. The molecule has 2 aromatic rings. The van der Waals surface area contributed by atoms with Crippen LogP contribution < -0.4 is 9.64 Å². The van der Waals surface area contributed by atoms with Gasteiger partial charge in [0.05, 0.1) is 7.11 Å². The van der Waals surface area contributed by atoms with E-state index in [1.54, 1.807) is 19.2 Å². The van der Waals surface area contributed by atoms with Crippen LogP contribution in [0.1, 0.15) is 12.5 Å². The minimum atomic E-state index is -4.92. The highest BCUT2D eigenvalue weighted by Gasteiger charge is 2.08. The molecule has 134 valence electrons. The SMILES string of the molecule is CCN(Cc1ccc(OC)cc1)c1ccc([N+]#N)cc1.O=S(=O)([O-])O. The number of rotatable bonds is 5. The fraction of sp³-hybridized carbons (Fsp3) is 0.250. The van der Waals surface area contributed by atoms with E-state index in [2.05, 4.69) is 28.9 Å². The molecule has 0 atom stereocenters. The number of ether oxygens (including phenoxy) is 1. The van der Waals surface area contributed by atoms with E-state index in [0.717, 1.165) is 24.5 Å². The van der Waals surface area contributed by atoms with Gasteiger partial charge in [-0.25, -0.2) is 8.42 Å². The number of anilines is 1. The van der Waals surface area contributed by atoms with Crippen molar-refractivity contribution >= 4 is 21.8 Å². The number of hydrogen-bond acceptors (Lipinski definition) is 6. The van der Waals surface area contributed by atoms with Gasteiger partial charge in [0, 0.05) is 30.9 Å². The van der Waals surface area contributed by atoms with Crippen molar-refractivity contribution in [2.24, 2.45) is 0 Å². The Morgan fingerprint density at radius 3 is 2.08 bits per heavy atom. The minimum absolute atomic E-state index is 0.564. The van der Waals surface area contributed by atoms with Gasteiger partial charge < -0.3 is 14.2 Å². The number of methoxy groups -OCH3 is 1. The van der Waals surface area contributed by atoms with Gasteiger partial charge in [-0.15, -0.1) is 0 Å². The summed E-state index contributed by atoms with van der Waals surface area (Å²) in [7, 11) is -3.25. The molecule has 0 aliphatic carbocycles. The van der Waals surface area contributed by atoms with Crippen molar-refractivity contribution in [2.75, 3.05) is 18.6 Å². The number of benzene rings is 2. The van der Waals surface area contributed by atoms with Crippen LogP contribution in [0.3, 0.4) is 0 Å². The zero-order valence-corrected chi connectivity index (χ0v) is 14.7. The van der Waals surface area contributed by atoms with Gasteiger partial charge in [-0.05, 0) is 36.8 Å². The molecular formula is C16H19N3O5S. The molecule has 0 saturated carbocycles. The monoisotopic (exact) mass is 365 g/mol. The summed E-state index contributed by atoms with van der Waals surface area (Å²) < 4.78 is 38.0. The summed E-state index contributed by atoms with van der Waals surface area (Å²) in [5.74, 6) is 0.866. The second-order valence-electron chi connectivity index (χ2n) is 4.91. The Balaban J connectivity index is 0.000000550. The Morgan fingerprint density at radius 2 is 1.68 bits per heavy atom. The van der Waals surface area contributed by atoms with Crippen molar-refractivity contribution in [1.82, 2.24) is 0 Å². The van der Waals surface area contributed by atoms with Gasteiger partial charge in [-0.2, -0.15) is 0 Å². The number of hydrogen-bond donors (Lipinski definition) is 1. The van der Waals surface area contributed by atoms with E-state index in [4.69, 9.17) is 27.7 Å². The first kappa shape index (κ1) is 20.4. The molecule has 0 aliphatic rings. The third-order valence-corrected chi connectivity index (χ3v) is 3.24. The van der Waals surface area contributed by atoms with Crippen LogP contribution in [0.15, 0.2) is 48.5 Å². The Bertz CT molecular complexity index is 791. The summed E-state index contributed by atoms with van der Waals surface area (Å²) in [6, 6.07) is 15.6. The van der Waals surface area contributed by atoms with Gasteiger partial charge in [0.1, 0.15) is 5.75 Å². The maximum atomic E-state index is 8.71. The minimum Gasteiger partial charge on any atom is -0.726 e. The van der Waals surface area contributed by atoms with Gasteiger partial charge >= 0.3 is 5.69 Å². The second-order valence-corrected chi connectivity index (χ2v) is 5.76. The standard InChI is InChI=1S/C16H18N3O.H2O4S/c1-3-19(15-8-6-14(18-17)7-9-15)12-13-4-10-16(20-2)11-5-13;1-5(2,3)4/h4-11H,3,12H2,1-2H3;(H2,1,2,3,4)/q+1;/p-1. The molecule has 0 bridgehead atoms. The molecule has 0 unspecified atom stereocenters. The molecule has 0 amide bonds. The summed E-state index contributed by atoms with van der Waals surface area (Å²) in [6.45, 7) is 3.85. The van der Waals surface area contributed by atoms with E-state index in [0.29, 0.717) is 5.69 Å². The van der Waals surface area contributed by atoms with Gasteiger partial charge in [0.15, 0.2) is 4.98 Å². The molecule has 0 aliphatic heterocycles. The Kier molecular flexibility index (Phi) is 7.81. The quantitative estimate of drug-likeness (QED) is 0.491. The normalized spacial score (nSPS) is 10.2. The first-order valence-corrected chi connectivity index (χ1v) is 8.64. The molecule has 2 rings (SSSR count). The second kappa shape index (κ2) is 9.58. The van der Waals surface area contributed by atoms with Crippen LogP contribution in [0.25, 0.3) is 4.98 Å². The largest absolute Gasteiger partial charge is 0.726 e. The topological polar surface area (TPSA) is 118 Å². The lowest BCUT2D eigenvalue weighted by atomic mass is 10.2. The molecule has 2 aromatic carbocycles. The predicted molar refractivity (Wildman–Crippen MR) is 93.2 cm³/mol. The fourth-order valence-electron chi connectivity index (χ4n) is 2.07. The van der Waals surface area contributed by atoms with Crippen molar-refractivity contribution < 1.29 is 22.3 Å². The van der Waals surface area contributed by atoms with Crippen molar-refractivity contribution in [3.8, 4) is 5.75 Å². The maximum Gasteiger partial charge on any atom is 0.385 e. The lowest BCUT2D eigenvalue weighted by Crippen LogP contribution is -2.21. The highest BCUT2D eigenvalue weighted by Crippen LogP contribution is 2.22. The smallest absolute Gasteiger partial charge is 0.385 e. The summed E-state index contributed by atoms with van der Waals surface area (Å²) >= 11 is 0. The van der Waals surface area contributed by atoms with Crippen LogP contribution in [0.2, 0.25) is 0 Å². The molecule has 0 heterocycles. The third-order valence-electron chi connectivity index (χ3n) is 3.24. The van der Waals surface area contributed by atoms with Crippen molar-refractivity contribution in [3.63, 3.8) is 0 Å². The first-order chi connectivity index (χ1) is 11.8. The van der Waals surface area contributed by atoms with Gasteiger partial charge in [0.2, 0.25) is 15.8 Å². The first-order valence-electron chi connectivity index (χ1n) is 7.28. The van der Waals surface area contributed by atoms with Crippen LogP contribution in [-0.4, -0.2) is 31.2 Å². The average molecular weight is 365 g/mol. The van der Waals surface area contributed by atoms with Crippen LogP contribution in [0.4, 0.5) is 11.4 Å². The summed E-state index contributed by atoms with van der Waals surface area (Å²) in [6.07, 6.45) is 0. The van der Waals surface area contributed by atoms with Crippen LogP contribution in [0.5, 0.6) is 5.75 Å². The van der Waals surface area contributed by atoms with E-state index in [1.165, 1.54) is 5.56 Å². The number of nitrogens with zero attached hydrogens (tertiary/aromatic N) is 3. The van der Waals surface area contributed by atoms with Crippen molar-refractivity contribution in [2.45, 2.75) is 13.5 Å². The van der Waals surface area contributed by atoms with Crippen LogP contribution in [0, 0.1) is 5.39 Å².